The molecule has 0 spiro atoms. The maximum atomic E-state index is 6.25. The molecule has 0 heterocycles. The van der Waals surface area contributed by atoms with Gasteiger partial charge in [0, 0.05) is 12.1 Å². The quantitative estimate of drug-likeness (QED) is 0.730. The van der Waals surface area contributed by atoms with Crippen LogP contribution in [0, 0.1) is 0 Å². The molecule has 1 aromatic rings. The SMILES string of the molecule is CCCNCC(CC)Oc1ccc(OC)cc1C(C)(C)C. The fourth-order valence-corrected chi connectivity index (χ4v) is 2.21. The zero-order valence-electron chi connectivity index (χ0n) is 14.5. The number of nitrogens with one attached hydrogen (secondary N) is 1. The molecular weight excluding hydrogens is 262 g/mol. The van der Waals surface area contributed by atoms with Gasteiger partial charge in [0.05, 0.1) is 7.11 Å². The number of benzene rings is 1. The lowest BCUT2D eigenvalue weighted by atomic mass is 9.86. The fourth-order valence-electron chi connectivity index (χ4n) is 2.21. The Morgan fingerprint density at radius 3 is 2.43 bits per heavy atom. The van der Waals surface area contributed by atoms with Crippen molar-refractivity contribution in [3.05, 3.63) is 23.8 Å². The number of hydrogen-bond acceptors (Lipinski definition) is 3. The standard InChI is InChI=1S/C18H31NO2/c1-7-11-19-13-14(8-2)21-17-10-9-15(20-6)12-16(17)18(3,4)5/h9-10,12,14,19H,7-8,11,13H2,1-6H3. The summed E-state index contributed by atoms with van der Waals surface area (Å²) in [4.78, 5) is 0. The van der Waals surface area contributed by atoms with E-state index in [1.165, 1.54) is 5.56 Å². The minimum absolute atomic E-state index is 0.0268. The molecular formula is C18H31NO2. The summed E-state index contributed by atoms with van der Waals surface area (Å²) in [6.07, 6.45) is 2.34. The van der Waals surface area contributed by atoms with Gasteiger partial charge >= 0.3 is 0 Å². The average Bonchev–Trinajstić information content (AvgIpc) is 2.45. The van der Waals surface area contributed by atoms with Gasteiger partial charge in [-0.25, -0.2) is 0 Å². The van der Waals surface area contributed by atoms with Crippen LogP contribution in [0.1, 0.15) is 53.0 Å². The first-order valence-corrected chi connectivity index (χ1v) is 7.98. The molecule has 1 N–H and O–H groups in total. The summed E-state index contributed by atoms with van der Waals surface area (Å²) in [6.45, 7) is 12.9. The zero-order chi connectivity index (χ0) is 15.9. The van der Waals surface area contributed by atoms with E-state index in [-0.39, 0.29) is 11.5 Å². The van der Waals surface area contributed by atoms with E-state index in [4.69, 9.17) is 9.47 Å². The smallest absolute Gasteiger partial charge is 0.123 e. The maximum absolute atomic E-state index is 6.25. The van der Waals surface area contributed by atoms with Crippen molar-refractivity contribution < 1.29 is 9.47 Å². The third-order valence-corrected chi connectivity index (χ3v) is 3.54. The third kappa shape index (κ3) is 5.58. The van der Waals surface area contributed by atoms with E-state index in [1.807, 2.05) is 12.1 Å². The Bertz CT molecular complexity index is 424. The van der Waals surface area contributed by atoms with Gasteiger partial charge in [-0.05, 0) is 43.0 Å². The van der Waals surface area contributed by atoms with Gasteiger partial charge in [-0.1, -0.05) is 34.6 Å². The predicted octanol–water partition coefficient (Wildman–Crippen LogP) is 4.15. The van der Waals surface area contributed by atoms with Crippen LogP contribution in [0.3, 0.4) is 0 Å². The van der Waals surface area contributed by atoms with Gasteiger partial charge in [0.15, 0.2) is 0 Å². The maximum Gasteiger partial charge on any atom is 0.123 e. The van der Waals surface area contributed by atoms with Crippen molar-refractivity contribution in [3.8, 4) is 11.5 Å². The Balaban J connectivity index is 2.90. The molecule has 1 aromatic carbocycles. The lowest BCUT2D eigenvalue weighted by molar-refractivity contribution is 0.189. The minimum Gasteiger partial charge on any atom is -0.497 e. The highest BCUT2D eigenvalue weighted by molar-refractivity contribution is 5.44. The van der Waals surface area contributed by atoms with E-state index in [1.54, 1.807) is 7.11 Å². The van der Waals surface area contributed by atoms with Gasteiger partial charge in [-0.3, -0.25) is 0 Å². The van der Waals surface area contributed by atoms with Crippen LogP contribution in [0.4, 0.5) is 0 Å². The second-order valence-electron chi connectivity index (χ2n) is 6.46. The summed E-state index contributed by atoms with van der Waals surface area (Å²) in [7, 11) is 1.70. The molecule has 0 aromatic heterocycles. The number of hydrogen-bond donors (Lipinski definition) is 1. The summed E-state index contributed by atoms with van der Waals surface area (Å²) in [6, 6.07) is 6.08. The molecule has 0 bridgehead atoms. The molecule has 3 heteroatoms. The van der Waals surface area contributed by atoms with Crippen LogP contribution in [0.15, 0.2) is 18.2 Å². The van der Waals surface area contributed by atoms with Crippen LogP contribution in [0.2, 0.25) is 0 Å². The van der Waals surface area contributed by atoms with Gasteiger partial charge in [-0.2, -0.15) is 0 Å². The molecule has 0 saturated carbocycles. The van der Waals surface area contributed by atoms with Crippen molar-refractivity contribution in [1.82, 2.24) is 5.32 Å². The summed E-state index contributed by atoms with van der Waals surface area (Å²) in [5.41, 5.74) is 1.22. The van der Waals surface area contributed by atoms with E-state index in [9.17, 15) is 0 Å². The summed E-state index contributed by atoms with van der Waals surface area (Å²) < 4.78 is 11.6. The van der Waals surface area contributed by atoms with E-state index in [0.29, 0.717) is 0 Å². The molecule has 1 rings (SSSR count). The lowest BCUT2D eigenvalue weighted by Gasteiger charge is -2.26. The van der Waals surface area contributed by atoms with Crippen LogP contribution in [-0.2, 0) is 5.41 Å². The largest absolute Gasteiger partial charge is 0.497 e. The van der Waals surface area contributed by atoms with Crippen molar-refractivity contribution in [3.63, 3.8) is 0 Å². The van der Waals surface area contributed by atoms with Crippen molar-refractivity contribution in [2.24, 2.45) is 0 Å². The molecule has 0 saturated heterocycles. The van der Waals surface area contributed by atoms with E-state index >= 15 is 0 Å². The van der Waals surface area contributed by atoms with Crippen LogP contribution in [0.25, 0.3) is 0 Å². The molecule has 1 unspecified atom stereocenters. The van der Waals surface area contributed by atoms with E-state index in [2.05, 4.69) is 46.0 Å². The lowest BCUT2D eigenvalue weighted by Crippen LogP contribution is -2.32. The number of rotatable bonds is 8. The second kappa shape index (κ2) is 8.28. The average molecular weight is 293 g/mol. The molecule has 1 atom stereocenters. The topological polar surface area (TPSA) is 30.5 Å². The van der Waals surface area contributed by atoms with Gasteiger partial charge in [-0.15, -0.1) is 0 Å². The first kappa shape index (κ1) is 17.8. The Morgan fingerprint density at radius 1 is 1.19 bits per heavy atom. The molecule has 0 fully saturated rings. The normalized spacial score (nSPS) is 13.0. The monoisotopic (exact) mass is 293 g/mol. The van der Waals surface area contributed by atoms with Gasteiger partial charge < -0.3 is 14.8 Å². The molecule has 21 heavy (non-hydrogen) atoms. The molecule has 0 aliphatic carbocycles. The van der Waals surface area contributed by atoms with Crippen LogP contribution in [-0.4, -0.2) is 26.3 Å². The van der Waals surface area contributed by atoms with E-state index in [0.717, 1.165) is 37.4 Å². The van der Waals surface area contributed by atoms with Crippen molar-refractivity contribution in [2.75, 3.05) is 20.2 Å². The zero-order valence-corrected chi connectivity index (χ0v) is 14.5. The highest BCUT2D eigenvalue weighted by atomic mass is 16.5. The first-order valence-electron chi connectivity index (χ1n) is 7.98. The highest BCUT2D eigenvalue weighted by Gasteiger charge is 2.21. The van der Waals surface area contributed by atoms with Crippen LogP contribution >= 0.6 is 0 Å². The van der Waals surface area contributed by atoms with E-state index < -0.39 is 0 Å². The summed E-state index contributed by atoms with van der Waals surface area (Å²) >= 11 is 0. The molecule has 0 radical (unpaired) electrons. The molecule has 0 amide bonds. The highest BCUT2D eigenvalue weighted by Crippen LogP contribution is 2.35. The van der Waals surface area contributed by atoms with Crippen molar-refractivity contribution in [2.45, 2.75) is 59.0 Å². The van der Waals surface area contributed by atoms with Crippen LogP contribution in [0.5, 0.6) is 11.5 Å². The van der Waals surface area contributed by atoms with Crippen molar-refractivity contribution in [1.29, 1.82) is 0 Å². The molecule has 120 valence electrons. The molecule has 0 aliphatic rings. The predicted molar refractivity (Wildman–Crippen MR) is 89.6 cm³/mol. The molecule has 0 aliphatic heterocycles. The third-order valence-electron chi connectivity index (χ3n) is 3.54. The van der Waals surface area contributed by atoms with Gasteiger partial charge in [0.1, 0.15) is 17.6 Å². The fraction of sp³-hybridized carbons (Fsp3) is 0.667. The van der Waals surface area contributed by atoms with Gasteiger partial charge in [0.25, 0.3) is 0 Å². The Hall–Kier alpha value is -1.22. The number of ether oxygens (including phenoxy) is 2. The Kier molecular flexibility index (Phi) is 7.03. The molecule has 3 nitrogen and oxygen atoms in total. The Morgan fingerprint density at radius 2 is 1.90 bits per heavy atom. The second-order valence-corrected chi connectivity index (χ2v) is 6.46. The van der Waals surface area contributed by atoms with Gasteiger partial charge in [0.2, 0.25) is 0 Å². The summed E-state index contributed by atoms with van der Waals surface area (Å²) in [5.74, 6) is 1.85. The van der Waals surface area contributed by atoms with Crippen LogP contribution < -0.4 is 14.8 Å². The minimum atomic E-state index is 0.0268. The number of methoxy groups -OCH3 is 1. The summed E-state index contributed by atoms with van der Waals surface area (Å²) in [5, 5.41) is 3.44. The first-order chi connectivity index (χ1) is 9.92. The van der Waals surface area contributed by atoms with Crippen molar-refractivity contribution >= 4 is 0 Å². The Labute approximate surface area is 130 Å².